The highest BCUT2D eigenvalue weighted by Crippen LogP contribution is 2.21. The molecule has 126 valence electrons. The minimum absolute atomic E-state index is 0. The summed E-state index contributed by atoms with van der Waals surface area (Å²) in [4.78, 5) is 30.6. The van der Waals surface area contributed by atoms with E-state index in [1.54, 1.807) is 12.3 Å². The molecule has 2 N–H and O–H groups in total. The quantitative estimate of drug-likeness (QED) is 0.805. The lowest BCUT2D eigenvalue weighted by atomic mass is 9.94. The topological polar surface area (TPSA) is 74.3 Å². The van der Waals surface area contributed by atoms with Gasteiger partial charge in [0.25, 0.3) is 0 Å². The monoisotopic (exact) mass is 402 g/mol. The van der Waals surface area contributed by atoms with Gasteiger partial charge in [-0.2, -0.15) is 0 Å². The van der Waals surface area contributed by atoms with Gasteiger partial charge in [-0.3, -0.25) is 9.59 Å². The predicted octanol–water partition coefficient (Wildman–Crippen LogP) is 1.66. The number of amides is 2. The Morgan fingerprint density at radius 1 is 1.30 bits per heavy atom. The fraction of sp³-hybridized carbons (Fsp3) is 0.533. The number of nitrogens with zero attached hydrogens (tertiary/aromatic N) is 2. The second kappa shape index (κ2) is 8.08. The number of nitrogens with one attached hydrogen (secondary N) is 2. The van der Waals surface area contributed by atoms with Crippen molar-refractivity contribution in [1.82, 2.24) is 15.2 Å². The van der Waals surface area contributed by atoms with Gasteiger partial charge in [-0.25, -0.2) is 4.98 Å². The maximum Gasteiger partial charge on any atom is 0.230 e. The number of rotatable bonds is 3. The van der Waals surface area contributed by atoms with E-state index in [-0.39, 0.29) is 36.1 Å². The van der Waals surface area contributed by atoms with Crippen LogP contribution in [0.15, 0.2) is 22.8 Å². The first-order valence-corrected chi connectivity index (χ1v) is 8.34. The average molecular weight is 404 g/mol. The Labute approximate surface area is 149 Å². The van der Waals surface area contributed by atoms with Crippen LogP contribution in [0.4, 0.5) is 5.82 Å². The number of anilines is 1. The highest BCUT2D eigenvalue weighted by Gasteiger charge is 2.34. The lowest BCUT2D eigenvalue weighted by Gasteiger charge is -2.37. The first-order valence-electron chi connectivity index (χ1n) is 7.55. The SMILES string of the molecule is Cl.O=C(Nc1ccc(Br)cn1)C1CCCN(C(=O)C2CNC2)C1. The first-order chi connectivity index (χ1) is 10.6. The molecule has 1 unspecified atom stereocenters. The van der Waals surface area contributed by atoms with Crippen LogP contribution in [-0.2, 0) is 9.59 Å². The van der Waals surface area contributed by atoms with Crippen molar-refractivity contribution in [2.45, 2.75) is 12.8 Å². The molecule has 23 heavy (non-hydrogen) atoms. The second-order valence-corrected chi connectivity index (χ2v) is 6.75. The zero-order valence-electron chi connectivity index (χ0n) is 12.6. The molecule has 2 aliphatic rings. The van der Waals surface area contributed by atoms with Gasteiger partial charge in [-0.1, -0.05) is 0 Å². The number of likely N-dealkylation sites (tertiary alicyclic amines) is 1. The Bertz CT molecular complexity index is 565. The zero-order valence-corrected chi connectivity index (χ0v) is 15.0. The van der Waals surface area contributed by atoms with Crippen molar-refractivity contribution in [3.05, 3.63) is 22.8 Å². The summed E-state index contributed by atoms with van der Waals surface area (Å²) in [5.74, 6) is 0.600. The maximum absolute atomic E-state index is 12.4. The molecule has 6 nitrogen and oxygen atoms in total. The minimum Gasteiger partial charge on any atom is -0.342 e. The lowest BCUT2D eigenvalue weighted by molar-refractivity contribution is -0.140. The van der Waals surface area contributed by atoms with Crippen molar-refractivity contribution in [1.29, 1.82) is 0 Å². The number of carbonyl (C=O) groups excluding carboxylic acids is 2. The zero-order chi connectivity index (χ0) is 15.5. The van der Waals surface area contributed by atoms with E-state index in [1.807, 2.05) is 11.0 Å². The molecule has 1 aromatic rings. The summed E-state index contributed by atoms with van der Waals surface area (Å²) < 4.78 is 0.869. The van der Waals surface area contributed by atoms with Crippen LogP contribution < -0.4 is 10.6 Å². The molecule has 0 radical (unpaired) electrons. The lowest BCUT2D eigenvalue weighted by Crippen LogP contribution is -2.54. The molecular formula is C15H20BrClN4O2. The Balaban J connectivity index is 0.00000192. The molecule has 2 aliphatic heterocycles. The van der Waals surface area contributed by atoms with Crippen molar-refractivity contribution in [2.24, 2.45) is 11.8 Å². The second-order valence-electron chi connectivity index (χ2n) is 5.83. The highest BCUT2D eigenvalue weighted by atomic mass is 79.9. The third-order valence-electron chi connectivity index (χ3n) is 4.21. The summed E-state index contributed by atoms with van der Waals surface area (Å²) in [5, 5.41) is 5.95. The van der Waals surface area contributed by atoms with E-state index in [9.17, 15) is 9.59 Å². The van der Waals surface area contributed by atoms with Crippen LogP contribution in [0.5, 0.6) is 0 Å². The number of pyridine rings is 1. The number of carbonyl (C=O) groups is 2. The van der Waals surface area contributed by atoms with E-state index in [4.69, 9.17) is 0 Å². The van der Waals surface area contributed by atoms with Crippen LogP contribution >= 0.6 is 28.3 Å². The molecule has 2 amide bonds. The molecule has 0 aliphatic carbocycles. The standard InChI is InChI=1S/C15H19BrN4O2.ClH/c16-12-3-4-13(18-8-12)19-14(21)10-2-1-5-20(9-10)15(22)11-6-17-7-11;/h3-4,8,10-11,17H,1-2,5-7,9H2,(H,18,19,21);1H. The molecule has 0 saturated carbocycles. The Morgan fingerprint density at radius 2 is 2.09 bits per heavy atom. The molecule has 1 atom stereocenters. The molecule has 8 heteroatoms. The summed E-state index contributed by atoms with van der Waals surface area (Å²) >= 11 is 3.31. The van der Waals surface area contributed by atoms with Gasteiger partial charge in [0.2, 0.25) is 11.8 Å². The molecule has 2 saturated heterocycles. The molecule has 0 aromatic carbocycles. The number of aromatic nitrogens is 1. The normalized spacial score (nSPS) is 21.1. The van der Waals surface area contributed by atoms with Crippen LogP contribution in [0.3, 0.4) is 0 Å². The summed E-state index contributed by atoms with van der Waals surface area (Å²) in [6.45, 7) is 2.79. The number of piperidine rings is 1. The van der Waals surface area contributed by atoms with E-state index in [1.165, 1.54) is 0 Å². The Morgan fingerprint density at radius 3 is 2.70 bits per heavy atom. The predicted molar refractivity (Wildman–Crippen MR) is 93.5 cm³/mol. The summed E-state index contributed by atoms with van der Waals surface area (Å²) in [7, 11) is 0. The van der Waals surface area contributed by atoms with E-state index in [0.717, 1.165) is 36.9 Å². The van der Waals surface area contributed by atoms with Crippen LogP contribution in [0, 0.1) is 11.8 Å². The van der Waals surface area contributed by atoms with Gasteiger partial charge in [0.15, 0.2) is 0 Å². The van der Waals surface area contributed by atoms with Crippen molar-refractivity contribution >= 4 is 46.0 Å². The minimum atomic E-state index is -0.156. The first kappa shape index (κ1) is 18.2. The van der Waals surface area contributed by atoms with Gasteiger partial charge >= 0.3 is 0 Å². The van der Waals surface area contributed by atoms with Crippen molar-refractivity contribution < 1.29 is 9.59 Å². The van der Waals surface area contributed by atoms with E-state index >= 15 is 0 Å². The summed E-state index contributed by atoms with van der Waals surface area (Å²) in [6.07, 6.45) is 3.34. The third kappa shape index (κ3) is 4.43. The van der Waals surface area contributed by atoms with Crippen LogP contribution in [0.2, 0.25) is 0 Å². The molecule has 0 bridgehead atoms. The van der Waals surface area contributed by atoms with Gasteiger partial charge in [0.1, 0.15) is 5.82 Å². The number of hydrogen-bond donors (Lipinski definition) is 2. The van der Waals surface area contributed by atoms with Crippen molar-refractivity contribution in [3.8, 4) is 0 Å². The molecule has 1 aromatic heterocycles. The van der Waals surface area contributed by atoms with Gasteiger partial charge in [-0.15, -0.1) is 12.4 Å². The van der Waals surface area contributed by atoms with Gasteiger partial charge < -0.3 is 15.5 Å². The number of hydrogen-bond acceptors (Lipinski definition) is 4. The van der Waals surface area contributed by atoms with Crippen molar-refractivity contribution in [3.63, 3.8) is 0 Å². The summed E-state index contributed by atoms with van der Waals surface area (Å²) in [6, 6.07) is 3.59. The Hall–Kier alpha value is -1.18. The van der Waals surface area contributed by atoms with Gasteiger partial charge in [-0.05, 0) is 40.9 Å². The molecule has 2 fully saturated rings. The van der Waals surface area contributed by atoms with Gasteiger partial charge in [0.05, 0.1) is 11.8 Å². The van der Waals surface area contributed by atoms with Gasteiger partial charge in [0, 0.05) is 36.8 Å². The third-order valence-corrected chi connectivity index (χ3v) is 4.68. The van der Waals surface area contributed by atoms with E-state index in [0.29, 0.717) is 12.4 Å². The fourth-order valence-electron chi connectivity index (χ4n) is 2.79. The van der Waals surface area contributed by atoms with E-state index < -0.39 is 0 Å². The fourth-order valence-corrected chi connectivity index (χ4v) is 3.03. The summed E-state index contributed by atoms with van der Waals surface area (Å²) in [5.41, 5.74) is 0. The smallest absolute Gasteiger partial charge is 0.230 e. The van der Waals surface area contributed by atoms with E-state index in [2.05, 4.69) is 31.5 Å². The highest BCUT2D eigenvalue weighted by molar-refractivity contribution is 9.10. The van der Waals surface area contributed by atoms with Crippen LogP contribution in [0.1, 0.15) is 12.8 Å². The molecule has 3 heterocycles. The average Bonchev–Trinajstić information content (AvgIpc) is 2.48. The molecule has 0 spiro atoms. The molecule has 3 rings (SSSR count). The molecular weight excluding hydrogens is 384 g/mol. The van der Waals surface area contributed by atoms with Crippen LogP contribution in [-0.4, -0.2) is 47.9 Å². The number of halogens is 2. The largest absolute Gasteiger partial charge is 0.342 e. The van der Waals surface area contributed by atoms with Crippen molar-refractivity contribution in [2.75, 3.05) is 31.5 Å². The maximum atomic E-state index is 12.4. The Kier molecular flexibility index (Phi) is 6.38. The van der Waals surface area contributed by atoms with Crippen LogP contribution in [0.25, 0.3) is 0 Å².